The maximum atomic E-state index is 13.5. The van der Waals surface area contributed by atoms with Gasteiger partial charge < -0.3 is 31.7 Å². The number of aliphatic hydroxyl groups is 1. The third-order valence-electron chi connectivity index (χ3n) is 7.56. The van der Waals surface area contributed by atoms with Crippen LogP contribution in [0.25, 0.3) is 0 Å². The molecule has 0 aromatic heterocycles. The Morgan fingerprint density at radius 3 is 1.93 bits per heavy atom. The van der Waals surface area contributed by atoms with Crippen LogP contribution in [0, 0.1) is 17.8 Å². The molecule has 0 aliphatic heterocycles. The van der Waals surface area contributed by atoms with Gasteiger partial charge in [-0.1, -0.05) is 79.5 Å². The summed E-state index contributed by atoms with van der Waals surface area (Å²) in [5.41, 5.74) is 0.428. The first-order valence-corrected chi connectivity index (χ1v) is 16.0. The molecule has 6 atom stereocenters. The van der Waals surface area contributed by atoms with Crippen molar-refractivity contribution in [3.63, 3.8) is 0 Å². The summed E-state index contributed by atoms with van der Waals surface area (Å²) in [6, 6.07) is 5.32. The van der Waals surface area contributed by atoms with Crippen molar-refractivity contribution in [3.05, 3.63) is 35.9 Å². The van der Waals surface area contributed by atoms with E-state index in [0.29, 0.717) is 37.8 Å². The largest absolute Gasteiger partial charge is 0.390 e. The first-order chi connectivity index (χ1) is 20.7. The molecule has 0 bridgehead atoms. The molecular weight excluding hydrogens is 562 g/mol. The summed E-state index contributed by atoms with van der Waals surface area (Å²) in [6.07, 6.45) is 0.413. The van der Waals surface area contributed by atoms with Gasteiger partial charge in [-0.15, -0.1) is 0 Å². The standard InChI is InChI=1S/C33H55N5O6/c1-9-15-24(35-33(44)29(22(8)10-2)38-30(41)23-16-13-12-14-17-23)31(42)36-25(18-20(4)5)26(39)19-27(40)37-28(21(6)7)32(43)34-11-3/h12-14,16-17,20-22,24-26,28-29,39H,9-11,15,18-19H2,1-8H3,(H,34,43)(H,35,44)(H,36,42)(H,37,40)(H,38,41)/t22-,24-,25-,26-,28-,29-/m0/s1. The fourth-order valence-electron chi connectivity index (χ4n) is 4.82. The number of nitrogens with one attached hydrogen (secondary N) is 5. The predicted octanol–water partition coefficient (Wildman–Crippen LogP) is 2.67. The van der Waals surface area contributed by atoms with Crippen LogP contribution in [-0.4, -0.2) is 71.5 Å². The van der Waals surface area contributed by atoms with Gasteiger partial charge in [0.15, 0.2) is 0 Å². The van der Waals surface area contributed by atoms with Gasteiger partial charge in [-0.3, -0.25) is 24.0 Å². The summed E-state index contributed by atoms with van der Waals surface area (Å²) < 4.78 is 0. The van der Waals surface area contributed by atoms with Gasteiger partial charge in [-0.2, -0.15) is 0 Å². The first-order valence-electron chi connectivity index (χ1n) is 16.0. The Morgan fingerprint density at radius 2 is 1.41 bits per heavy atom. The topological polar surface area (TPSA) is 166 Å². The number of aliphatic hydroxyl groups excluding tert-OH is 1. The van der Waals surface area contributed by atoms with E-state index in [4.69, 9.17) is 0 Å². The Labute approximate surface area is 263 Å². The van der Waals surface area contributed by atoms with E-state index in [1.165, 1.54) is 0 Å². The normalized spacial score (nSPS) is 15.3. The van der Waals surface area contributed by atoms with E-state index >= 15 is 0 Å². The number of carbonyl (C=O) groups excluding carboxylic acids is 5. The van der Waals surface area contributed by atoms with Crippen LogP contribution in [0.4, 0.5) is 0 Å². The molecule has 0 fully saturated rings. The lowest BCUT2D eigenvalue weighted by atomic mass is 9.95. The van der Waals surface area contributed by atoms with Crippen molar-refractivity contribution >= 4 is 29.5 Å². The molecule has 0 saturated heterocycles. The van der Waals surface area contributed by atoms with Crippen molar-refractivity contribution < 1.29 is 29.1 Å². The van der Waals surface area contributed by atoms with Crippen LogP contribution in [0.3, 0.4) is 0 Å². The van der Waals surface area contributed by atoms with Crippen molar-refractivity contribution in [1.29, 1.82) is 0 Å². The number of benzene rings is 1. The van der Waals surface area contributed by atoms with Crippen LogP contribution in [0.2, 0.25) is 0 Å². The predicted molar refractivity (Wildman–Crippen MR) is 171 cm³/mol. The van der Waals surface area contributed by atoms with Gasteiger partial charge in [-0.05, 0) is 49.7 Å². The summed E-state index contributed by atoms with van der Waals surface area (Å²) in [5, 5.41) is 25.0. The van der Waals surface area contributed by atoms with Crippen molar-refractivity contribution in [2.45, 2.75) is 118 Å². The van der Waals surface area contributed by atoms with E-state index in [-0.39, 0.29) is 36.0 Å². The lowest BCUT2D eigenvalue weighted by Gasteiger charge is -2.30. The molecular formula is C33H55N5O6. The van der Waals surface area contributed by atoms with Crippen molar-refractivity contribution in [2.24, 2.45) is 17.8 Å². The molecule has 0 heterocycles. The molecule has 6 N–H and O–H groups in total. The Morgan fingerprint density at radius 1 is 0.773 bits per heavy atom. The second-order valence-corrected chi connectivity index (χ2v) is 12.3. The van der Waals surface area contributed by atoms with Crippen LogP contribution < -0.4 is 26.6 Å². The second-order valence-electron chi connectivity index (χ2n) is 12.3. The Kier molecular flexibility index (Phi) is 17.3. The minimum Gasteiger partial charge on any atom is -0.390 e. The highest BCUT2D eigenvalue weighted by Gasteiger charge is 2.33. The molecule has 0 saturated carbocycles. The van der Waals surface area contributed by atoms with E-state index in [2.05, 4.69) is 26.6 Å². The molecule has 0 radical (unpaired) electrons. The first kappa shape index (κ1) is 38.6. The molecule has 0 spiro atoms. The molecule has 0 aliphatic rings. The molecule has 5 amide bonds. The Bertz CT molecular complexity index is 1060. The van der Waals surface area contributed by atoms with Gasteiger partial charge >= 0.3 is 0 Å². The fourth-order valence-corrected chi connectivity index (χ4v) is 4.82. The van der Waals surface area contributed by atoms with Crippen LogP contribution in [0.15, 0.2) is 30.3 Å². The fraction of sp³-hybridized carbons (Fsp3) is 0.667. The molecule has 1 aromatic carbocycles. The molecule has 1 aromatic rings. The maximum absolute atomic E-state index is 13.5. The summed E-state index contributed by atoms with van der Waals surface area (Å²) in [5.74, 6) is -2.42. The molecule has 0 unspecified atom stereocenters. The Balaban J connectivity index is 3.04. The van der Waals surface area contributed by atoms with E-state index in [1.54, 1.807) is 37.3 Å². The quantitative estimate of drug-likeness (QED) is 0.140. The molecule has 248 valence electrons. The number of carbonyl (C=O) groups is 5. The highest BCUT2D eigenvalue weighted by Crippen LogP contribution is 2.14. The van der Waals surface area contributed by atoms with Crippen LogP contribution in [-0.2, 0) is 19.2 Å². The van der Waals surface area contributed by atoms with Gasteiger partial charge in [0.25, 0.3) is 5.91 Å². The highest BCUT2D eigenvalue weighted by molar-refractivity contribution is 5.98. The Hall–Kier alpha value is -3.47. The summed E-state index contributed by atoms with van der Waals surface area (Å²) in [6.45, 7) is 15.4. The summed E-state index contributed by atoms with van der Waals surface area (Å²) in [4.78, 5) is 65.1. The second kappa shape index (κ2) is 19.7. The highest BCUT2D eigenvalue weighted by atomic mass is 16.3. The number of amides is 5. The monoisotopic (exact) mass is 617 g/mol. The summed E-state index contributed by atoms with van der Waals surface area (Å²) in [7, 11) is 0. The SMILES string of the molecule is CCC[C@H](NC(=O)[C@@H](NC(=O)c1ccccc1)[C@@H](C)CC)C(=O)N[C@@H](CC(C)C)[C@@H](O)CC(=O)N[C@H](C(=O)NCC)C(C)C. The average molecular weight is 618 g/mol. The number of rotatable bonds is 19. The molecule has 0 aliphatic carbocycles. The zero-order valence-corrected chi connectivity index (χ0v) is 27.7. The minimum absolute atomic E-state index is 0.0824. The van der Waals surface area contributed by atoms with Gasteiger partial charge in [0.1, 0.15) is 18.1 Å². The lowest BCUT2D eigenvalue weighted by Crippen LogP contribution is -2.58. The van der Waals surface area contributed by atoms with Gasteiger partial charge in [0, 0.05) is 12.1 Å². The van der Waals surface area contributed by atoms with Crippen molar-refractivity contribution in [3.8, 4) is 0 Å². The van der Waals surface area contributed by atoms with Gasteiger partial charge in [0.05, 0.1) is 18.6 Å². The zero-order chi connectivity index (χ0) is 33.4. The lowest BCUT2D eigenvalue weighted by molar-refractivity contribution is -0.133. The van der Waals surface area contributed by atoms with Crippen LogP contribution in [0.1, 0.15) is 97.9 Å². The number of hydrogen-bond donors (Lipinski definition) is 6. The average Bonchev–Trinajstić information content (AvgIpc) is 2.97. The van der Waals surface area contributed by atoms with Crippen molar-refractivity contribution in [1.82, 2.24) is 26.6 Å². The molecule has 44 heavy (non-hydrogen) atoms. The van der Waals surface area contributed by atoms with Crippen LogP contribution >= 0.6 is 0 Å². The molecule has 11 nitrogen and oxygen atoms in total. The van der Waals surface area contributed by atoms with E-state index in [9.17, 15) is 29.1 Å². The third kappa shape index (κ3) is 13.0. The van der Waals surface area contributed by atoms with Gasteiger partial charge in [-0.25, -0.2) is 0 Å². The van der Waals surface area contributed by atoms with E-state index < -0.39 is 48.0 Å². The number of hydrogen-bond acceptors (Lipinski definition) is 6. The smallest absolute Gasteiger partial charge is 0.251 e. The maximum Gasteiger partial charge on any atom is 0.251 e. The minimum atomic E-state index is -1.22. The van der Waals surface area contributed by atoms with Crippen molar-refractivity contribution in [2.75, 3.05) is 6.54 Å². The summed E-state index contributed by atoms with van der Waals surface area (Å²) >= 11 is 0. The van der Waals surface area contributed by atoms with E-state index in [1.807, 2.05) is 48.5 Å². The number of likely N-dealkylation sites (N-methyl/N-ethyl adjacent to an activating group) is 1. The third-order valence-corrected chi connectivity index (χ3v) is 7.56. The van der Waals surface area contributed by atoms with Gasteiger partial charge in [0.2, 0.25) is 23.6 Å². The molecule has 11 heteroatoms. The van der Waals surface area contributed by atoms with Crippen LogP contribution in [0.5, 0.6) is 0 Å². The zero-order valence-electron chi connectivity index (χ0n) is 27.7. The van der Waals surface area contributed by atoms with E-state index in [0.717, 1.165) is 0 Å². The molecule has 1 rings (SSSR count).